The Morgan fingerprint density at radius 3 is 2.00 bits per heavy atom. The Morgan fingerprint density at radius 1 is 1.50 bits per heavy atom. The highest BCUT2D eigenvalue weighted by molar-refractivity contribution is 5.88. The molecule has 0 saturated heterocycles. The van der Waals surface area contributed by atoms with E-state index in [4.69, 9.17) is 11.5 Å². The maximum Gasteiger partial charge on any atom is 0.156 e. The number of hydrogen-bond donors (Lipinski definition) is 2. The van der Waals surface area contributed by atoms with Gasteiger partial charge in [0.05, 0.1) is 6.04 Å². The van der Waals surface area contributed by atoms with Gasteiger partial charge in [-0.25, -0.2) is 0 Å². The van der Waals surface area contributed by atoms with Gasteiger partial charge in [0.15, 0.2) is 5.78 Å². The van der Waals surface area contributed by atoms with Crippen LogP contribution in [0.1, 0.15) is 20.8 Å². The predicted molar refractivity (Wildman–Crippen MR) is 41.5 cm³/mol. The predicted octanol–water partition coefficient (Wildman–Crippen LogP) is -0.112. The first kappa shape index (κ1) is 9.59. The minimum absolute atomic E-state index is 0.0231. The summed E-state index contributed by atoms with van der Waals surface area (Å²) in [6.07, 6.45) is 0. The van der Waals surface area contributed by atoms with Crippen LogP contribution in [-0.2, 0) is 4.79 Å². The third-order valence-electron chi connectivity index (χ3n) is 1.33. The Morgan fingerprint density at radius 2 is 1.90 bits per heavy atom. The summed E-state index contributed by atoms with van der Waals surface area (Å²) < 4.78 is 0. The number of carbonyl (C=O) groups excluding carboxylic acids is 1. The lowest BCUT2D eigenvalue weighted by atomic mass is 9.87. The molecule has 0 aliphatic carbocycles. The molecule has 3 heteroatoms. The second kappa shape index (κ2) is 3.12. The first-order valence-electron chi connectivity index (χ1n) is 3.39. The van der Waals surface area contributed by atoms with E-state index >= 15 is 0 Å². The Balaban J connectivity index is 4.09. The van der Waals surface area contributed by atoms with Crippen LogP contribution in [0.4, 0.5) is 0 Å². The monoisotopic (exact) mass is 144 g/mol. The number of ketones is 1. The van der Waals surface area contributed by atoms with Crippen molar-refractivity contribution in [3.05, 3.63) is 0 Å². The smallest absolute Gasteiger partial charge is 0.156 e. The Hall–Kier alpha value is -0.410. The largest absolute Gasteiger partial charge is 0.328 e. The average Bonchev–Trinajstić information content (AvgIpc) is 1.83. The van der Waals surface area contributed by atoms with E-state index in [1.54, 1.807) is 0 Å². The van der Waals surface area contributed by atoms with Gasteiger partial charge in [-0.3, -0.25) is 4.79 Å². The van der Waals surface area contributed by atoms with E-state index in [1.165, 1.54) is 0 Å². The molecule has 0 unspecified atom stereocenters. The fourth-order valence-electron chi connectivity index (χ4n) is 0.663. The van der Waals surface area contributed by atoms with Gasteiger partial charge in [0.25, 0.3) is 0 Å². The molecule has 0 fully saturated rings. The maximum absolute atomic E-state index is 11.2. The van der Waals surface area contributed by atoms with Crippen molar-refractivity contribution in [1.29, 1.82) is 0 Å². The van der Waals surface area contributed by atoms with E-state index in [-0.39, 0.29) is 17.7 Å². The first-order valence-corrected chi connectivity index (χ1v) is 3.39. The highest BCUT2D eigenvalue weighted by Gasteiger charge is 2.25. The Labute approximate surface area is 61.8 Å². The topological polar surface area (TPSA) is 69.1 Å². The van der Waals surface area contributed by atoms with Crippen molar-refractivity contribution in [3.8, 4) is 0 Å². The lowest BCUT2D eigenvalue weighted by Gasteiger charge is -2.20. The molecule has 0 aliphatic rings. The van der Waals surface area contributed by atoms with Gasteiger partial charge < -0.3 is 11.5 Å². The van der Waals surface area contributed by atoms with Crippen LogP contribution < -0.4 is 11.5 Å². The molecular weight excluding hydrogens is 128 g/mol. The second-order valence-electron chi connectivity index (χ2n) is 3.46. The molecule has 1 atom stereocenters. The van der Waals surface area contributed by atoms with E-state index in [1.807, 2.05) is 20.8 Å². The van der Waals surface area contributed by atoms with Crippen LogP contribution >= 0.6 is 0 Å². The highest BCUT2D eigenvalue weighted by atomic mass is 16.1. The molecule has 0 aliphatic heterocycles. The van der Waals surface area contributed by atoms with Crippen molar-refractivity contribution in [1.82, 2.24) is 0 Å². The molecule has 3 nitrogen and oxygen atoms in total. The van der Waals surface area contributed by atoms with E-state index in [0.717, 1.165) is 0 Å². The molecule has 0 saturated carbocycles. The molecule has 10 heavy (non-hydrogen) atoms. The van der Waals surface area contributed by atoms with Crippen molar-refractivity contribution < 1.29 is 4.79 Å². The fraction of sp³-hybridized carbons (Fsp3) is 0.857. The zero-order valence-corrected chi connectivity index (χ0v) is 6.85. The fourth-order valence-corrected chi connectivity index (χ4v) is 0.663. The van der Waals surface area contributed by atoms with Crippen molar-refractivity contribution >= 4 is 5.78 Å². The van der Waals surface area contributed by atoms with E-state index in [2.05, 4.69) is 0 Å². The number of nitrogens with two attached hydrogens (primary N) is 2. The van der Waals surface area contributed by atoms with Crippen LogP contribution in [0.25, 0.3) is 0 Å². The third kappa shape index (κ3) is 2.45. The van der Waals surface area contributed by atoms with Crippen molar-refractivity contribution in [2.75, 3.05) is 6.54 Å². The number of rotatable bonds is 2. The van der Waals surface area contributed by atoms with E-state index in [0.29, 0.717) is 0 Å². The molecule has 0 amide bonds. The average molecular weight is 144 g/mol. The summed E-state index contributed by atoms with van der Waals surface area (Å²) in [5.41, 5.74) is 10.3. The van der Waals surface area contributed by atoms with Gasteiger partial charge in [-0.2, -0.15) is 0 Å². The molecule has 0 heterocycles. The number of Topliss-reactive ketones (excluding diaryl/α,β-unsaturated/α-hetero) is 1. The van der Waals surface area contributed by atoms with Crippen molar-refractivity contribution in [3.63, 3.8) is 0 Å². The van der Waals surface area contributed by atoms with Gasteiger partial charge in [0.2, 0.25) is 0 Å². The molecule has 0 rings (SSSR count). The lowest BCUT2D eigenvalue weighted by molar-refractivity contribution is -0.127. The second-order valence-corrected chi connectivity index (χ2v) is 3.46. The molecular formula is C7H16N2O. The lowest BCUT2D eigenvalue weighted by Crippen LogP contribution is -2.43. The van der Waals surface area contributed by atoms with Gasteiger partial charge in [-0.15, -0.1) is 0 Å². The number of carbonyl (C=O) groups is 1. The summed E-state index contributed by atoms with van der Waals surface area (Å²) in [5, 5.41) is 0. The summed E-state index contributed by atoms with van der Waals surface area (Å²) in [5.74, 6) is 0.0231. The van der Waals surface area contributed by atoms with Crippen LogP contribution in [-0.4, -0.2) is 18.4 Å². The Kier molecular flexibility index (Phi) is 2.99. The highest BCUT2D eigenvalue weighted by Crippen LogP contribution is 2.15. The standard InChI is InChI=1S/C7H16N2O/c1-7(2,3)6(10)5(9)4-8/h5H,4,8-9H2,1-3H3/t5-/m0/s1. The van der Waals surface area contributed by atoms with E-state index < -0.39 is 6.04 Å². The first-order chi connectivity index (χ1) is 4.39. The van der Waals surface area contributed by atoms with Crippen LogP contribution in [0.15, 0.2) is 0 Å². The quantitative estimate of drug-likeness (QED) is 0.568. The van der Waals surface area contributed by atoms with Crippen LogP contribution in [0, 0.1) is 5.41 Å². The molecule has 60 valence electrons. The Bertz CT molecular complexity index is 126. The van der Waals surface area contributed by atoms with Gasteiger partial charge in [-0.05, 0) is 0 Å². The van der Waals surface area contributed by atoms with Gasteiger partial charge >= 0.3 is 0 Å². The molecule has 0 spiro atoms. The van der Waals surface area contributed by atoms with Crippen LogP contribution in [0.3, 0.4) is 0 Å². The van der Waals surface area contributed by atoms with Gasteiger partial charge in [-0.1, -0.05) is 20.8 Å². The minimum atomic E-state index is -0.500. The summed E-state index contributed by atoms with van der Waals surface area (Å²) in [6, 6.07) is -0.500. The van der Waals surface area contributed by atoms with Gasteiger partial charge in [0.1, 0.15) is 0 Å². The molecule has 0 aromatic heterocycles. The number of hydrogen-bond acceptors (Lipinski definition) is 3. The molecule has 0 aromatic carbocycles. The zero-order valence-electron chi connectivity index (χ0n) is 6.85. The van der Waals surface area contributed by atoms with Crippen LogP contribution in [0.2, 0.25) is 0 Å². The molecule has 4 N–H and O–H groups in total. The van der Waals surface area contributed by atoms with Crippen molar-refractivity contribution in [2.45, 2.75) is 26.8 Å². The molecule has 0 radical (unpaired) electrons. The minimum Gasteiger partial charge on any atom is -0.328 e. The molecule has 0 aromatic rings. The molecule has 0 bridgehead atoms. The zero-order chi connectivity index (χ0) is 8.36. The normalized spacial score (nSPS) is 14.9. The maximum atomic E-state index is 11.2. The van der Waals surface area contributed by atoms with E-state index in [9.17, 15) is 4.79 Å². The summed E-state index contributed by atoms with van der Waals surface area (Å²) in [6.45, 7) is 5.75. The SMILES string of the molecule is CC(C)(C)C(=O)[C@@H](N)CN. The summed E-state index contributed by atoms with van der Waals surface area (Å²) in [4.78, 5) is 11.2. The van der Waals surface area contributed by atoms with Crippen LogP contribution in [0.5, 0.6) is 0 Å². The summed E-state index contributed by atoms with van der Waals surface area (Å²) >= 11 is 0. The third-order valence-corrected chi connectivity index (χ3v) is 1.33. The van der Waals surface area contributed by atoms with Gasteiger partial charge in [0, 0.05) is 12.0 Å². The summed E-state index contributed by atoms with van der Waals surface area (Å²) in [7, 11) is 0. The van der Waals surface area contributed by atoms with Crippen molar-refractivity contribution in [2.24, 2.45) is 16.9 Å².